The van der Waals surface area contributed by atoms with E-state index in [2.05, 4.69) is 5.32 Å². The highest BCUT2D eigenvalue weighted by Crippen LogP contribution is 2.25. The van der Waals surface area contributed by atoms with Gasteiger partial charge >= 0.3 is 0 Å². The summed E-state index contributed by atoms with van der Waals surface area (Å²) >= 11 is 0. The highest BCUT2D eigenvalue weighted by atomic mass is 16.5. The molecule has 124 valence electrons. The first-order valence-corrected chi connectivity index (χ1v) is 7.84. The van der Waals surface area contributed by atoms with Crippen molar-refractivity contribution in [1.82, 2.24) is 5.32 Å². The highest BCUT2D eigenvalue weighted by Gasteiger charge is 2.26. The molecule has 0 saturated carbocycles. The minimum absolute atomic E-state index is 0.0392. The van der Waals surface area contributed by atoms with Gasteiger partial charge in [-0.2, -0.15) is 0 Å². The number of hydrogen-bond donors (Lipinski definition) is 2. The van der Waals surface area contributed by atoms with Crippen LogP contribution in [0.1, 0.15) is 46.3 Å². The van der Waals surface area contributed by atoms with Gasteiger partial charge in [-0.3, -0.25) is 4.79 Å². The van der Waals surface area contributed by atoms with Gasteiger partial charge in [-0.05, 0) is 17.9 Å². The summed E-state index contributed by atoms with van der Waals surface area (Å²) < 4.78 is 5.65. The van der Waals surface area contributed by atoms with Gasteiger partial charge in [0.1, 0.15) is 0 Å². The Morgan fingerprint density at radius 1 is 1.23 bits per heavy atom. The van der Waals surface area contributed by atoms with Gasteiger partial charge in [0.2, 0.25) is 5.91 Å². The number of rotatable bonds is 7. The van der Waals surface area contributed by atoms with Gasteiger partial charge in [-0.15, -0.1) is 0 Å². The molecular weight excluding hydrogens is 278 g/mol. The molecule has 2 N–H and O–H groups in total. The molecule has 1 aromatic rings. The predicted octanol–water partition coefficient (Wildman–Crippen LogP) is 2.92. The lowest BCUT2D eigenvalue weighted by Gasteiger charge is -2.26. The van der Waals surface area contributed by atoms with Crippen LogP contribution in [0.2, 0.25) is 0 Å². The lowest BCUT2D eigenvalue weighted by atomic mass is 9.81. The maximum Gasteiger partial charge on any atom is 0.223 e. The first kappa shape index (κ1) is 18.7. The minimum atomic E-state index is -0.706. The first-order valence-electron chi connectivity index (χ1n) is 7.84. The molecule has 0 aliphatic carbocycles. The van der Waals surface area contributed by atoms with Crippen LogP contribution in [-0.2, 0) is 9.53 Å². The van der Waals surface area contributed by atoms with Crippen molar-refractivity contribution in [2.75, 3.05) is 13.2 Å². The van der Waals surface area contributed by atoms with Gasteiger partial charge in [0.05, 0.1) is 18.8 Å². The average Bonchev–Trinajstić information content (AvgIpc) is 2.49. The molecule has 3 atom stereocenters. The fourth-order valence-electron chi connectivity index (χ4n) is 1.90. The molecular formula is C18H29NO3. The summed E-state index contributed by atoms with van der Waals surface area (Å²) in [7, 11) is 0. The minimum Gasteiger partial charge on any atom is -0.389 e. The summed E-state index contributed by atoms with van der Waals surface area (Å²) in [5.74, 6) is -0.147. The second-order valence-corrected chi connectivity index (χ2v) is 6.87. The number of amides is 1. The van der Waals surface area contributed by atoms with Crippen molar-refractivity contribution in [2.45, 2.75) is 46.8 Å². The fourth-order valence-corrected chi connectivity index (χ4v) is 1.90. The molecule has 0 bridgehead atoms. The van der Waals surface area contributed by atoms with E-state index in [1.165, 1.54) is 0 Å². The molecule has 4 nitrogen and oxygen atoms in total. The Bertz CT molecular complexity index is 453. The number of hydrogen-bond acceptors (Lipinski definition) is 3. The standard InChI is InChI=1S/C18H29NO3/c1-13(18(3,4)5)17(21)19-11-16(20)12-22-14(2)15-9-7-6-8-10-15/h6-10,13-14,16,20H,11-12H2,1-5H3,(H,19,21)/t13-,14+,16+/m1/s1. The number of benzene rings is 1. The van der Waals surface area contributed by atoms with Gasteiger partial charge in [0, 0.05) is 12.5 Å². The van der Waals surface area contributed by atoms with Gasteiger partial charge in [-0.1, -0.05) is 58.0 Å². The average molecular weight is 307 g/mol. The third kappa shape index (κ3) is 6.16. The van der Waals surface area contributed by atoms with E-state index < -0.39 is 6.10 Å². The van der Waals surface area contributed by atoms with Crippen molar-refractivity contribution in [2.24, 2.45) is 11.3 Å². The Balaban J connectivity index is 2.32. The van der Waals surface area contributed by atoms with Gasteiger partial charge in [-0.25, -0.2) is 0 Å². The van der Waals surface area contributed by atoms with Gasteiger partial charge < -0.3 is 15.2 Å². The Morgan fingerprint density at radius 2 is 1.82 bits per heavy atom. The van der Waals surface area contributed by atoms with Gasteiger partial charge in [0.25, 0.3) is 0 Å². The number of carbonyl (C=O) groups is 1. The predicted molar refractivity (Wildman–Crippen MR) is 88.4 cm³/mol. The molecule has 0 unspecified atom stereocenters. The maximum absolute atomic E-state index is 12.0. The van der Waals surface area contributed by atoms with E-state index >= 15 is 0 Å². The molecule has 1 amide bonds. The first-order chi connectivity index (χ1) is 10.2. The third-order valence-corrected chi connectivity index (χ3v) is 4.01. The Kier molecular flexibility index (Phi) is 7.04. The van der Waals surface area contributed by atoms with Crippen LogP contribution in [0, 0.1) is 11.3 Å². The molecule has 0 spiro atoms. The molecule has 1 rings (SSSR count). The zero-order chi connectivity index (χ0) is 16.8. The van der Waals surface area contributed by atoms with Crippen LogP contribution in [0.15, 0.2) is 30.3 Å². The molecule has 0 aromatic heterocycles. The van der Waals surface area contributed by atoms with Gasteiger partial charge in [0.15, 0.2) is 0 Å². The Morgan fingerprint density at radius 3 is 2.36 bits per heavy atom. The molecule has 0 aliphatic rings. The third-order valence-electron chi connectivity index (χ3n) is 4.01. The van der Waals surface area contributed by atoms with E-state index in [1.54, 1.807) is 0 Å². The quantitative estimate of drug-likeness (QED) is 0.814. The van der Waals surface area contributed by atoms with Crippen LogP contribution in [0.5, 0.6) is 0 Å². The number of carbonyl (C=O) groups excluding carboxylic acids is 1. The maximum atomic E-state index is 12.0. The van der Waals surface area contributed by atoms with Crippen LogP contribution in [0.3, 0.4) is 0 Å². The highest BCUT2D eigenvalue weighted by molar-refractivity contribution is 5.78. The fraction of sp³-hybridized carbons (Fsp3) is 0.611. The van der Waals surface area contributed by atoms with Crippen LogP contribution in [0.25, 0.3) is 0 Å². The number of aliphatic hydroxyl groups is 1. The van der Waals surface area contributed by atoms with Crippen molar-refractivity contribution in [1.29, 1.82) is 0 Å². The molecule has 0 fully saturated rings. The summed E-state index contributed by atoms with van der Waals surface area (Å²) in [4.78, 5) is 12.0. The van der Waals surface area contributed by atoms with Crippen LogP contribution < -0.4 is 5.32 Å². The normalized spacial score (nSPS) is 15.9. The molecule has 0 saturated heterocycles. The number of nitrogens with one attached hydrogen (secondary N) is 1. The monoisotopic (exact) mass is 307 g/mol. The van der Waals surface area contributed by atoms with Crippen LogP contribution in [-0.4, -0.2) is 30.3 Å². The molecule has 1 aromatic carbocycles. The summed E-state index contributed by atoms with van der Waals surface area (Å²) in [6.45, 7) is 10.3. The van der Waals surface area contributed by atoms with Crippen molar-refractivity contribution < 1.29 is 14.6 Å². The van der Waals surface area contributed by atoms with E-state index in [4.69, 9.17) is 4.74 Å². The SMILES string of the molecule is C[C@H](OC[C@@H](O)CNC(=O)[C@@H](C)C(C)(C)C)c1ccccc1. The van der Waals surface area contributed by atoms with Crippen LogP contribution in [0.4, 0.5) is 0 Å². The lowest BCUT2D eigenvalue weighted by molar-refractivity contribution is -0.128. The van der Waals surface area contributed by atoms with E-state index in [-0.39, 0.29) is 36.5 Å². The van der Waals surface area contributed by atoms with Crippen molar-refractivity contribution in [3.05, 3.63) is 35.9 Å². The van der Waals surface area contributed by atoms with E-state index in [9.17, 15) is 9.90 Å². The van der Waals surface area contributed by atoms with Crippen LogP contribution >= 0.6 is 0 Å². The summed E-state index contributed by atoms with van der Waals surface area (Å²) in [6.07, 6.45) is -0.790. The number of ether oxygens (including phenoxy) is 1. The Hall–Kier alpha value is -1.39. The molecule has 4 heteroatoms. The molecule has 22 heavy (non-hydrogen) atoms. The summed E-state index contributed by atoms with van der Waals surface area (Å²) in [5.41, 5.74) is 0.980. The van der Waals surface area contributed by atoms with E-state index in [0.29, 0.717) is 0 Å². The molecule has 0 radical (unpaired) electrons. The second kappa shape index (κ2) is 8.30. The summed E-state index contributed by atoms with van der Waals surface area (Å²) in [5, 5.41) is 12.7. The number of aliphatic hydroxyl groups excluding tert-OH is 1. The van der Waals surface area contributed by atoms with E-state index in [1.807, 2.05) is 65.0 Å². The summed E-state index contributed by atoms with van der Waals surface area (Å²) in [6, 6.07) is 9.85. The van der Waals surface area contributed by atoms with Crippen molar-refractivity contribution >= 4 is 5.91 Å². The topological polar surface area (TPSA) is 58.6 Å². The van der Waals surface area contributed by atoms with Crippen molar-refractivity contribution in [3.63, 3.8) is 0 Å². The zero-order valence-electron chi connectivity index (χ0n) is 14.3. The zero-order valence-corrected chi connectivity index (χ0v) is 14.3. The lowest BCUT2D eigenvalue weighted by Crippen LogP contribution is -2.41. The molecule has 0 heterocycles. The second-order valence-electron chi connectivity index (χ2n) is 6.87. The Labute approximate surface area is 133 Å². The largest absolute Gasteiger partial charge is 0.389 e. The smallest absolute Gasteiger partial charge is 0.223 e. The van der Waals surface area contributed by atoms with Crippen molar-refractivity contribution in [3.8, 4) is 0 Å². The van der Waals surface area contributed by atoms with E-state index in [0.717, 1.165) is 5.56 Å². The molecule has 0 aliphatic heterocycles.